The Bertz CT molecular complexity index is 3530. The Morgan fingerprint density at radius 1 is 0.254 bits per heavy atom. The highest BCUT2D eigenvalue weighted by Gasteiger charge is 2.21. The predicted molar refractivity (Wildman–Crippen MR) is 244 cm³/mol. The van der Waals surface area contributed by atoms with Gasteiger partial charge in [-0.1, -0.05) is 176 Å². The first-order valence-electron chi connectivity index (χ1n) is 19.9. The van der Waals surface area contributed by atoms with Gasteiger partial charge in [-0.3, -0.25) is 0 Å². The lowest BCUT2D eigenvalue weighted by Gasteiger charge is -2.15. The molecule has 0 bridgehead atoms. The van der Waals surface area contributed by atoms with Gasteiger partial charge in [0.1, 0.15) is 11.2 Å². The lowest BCUT2D eigenvalue weighted by molar-refractivity contribution is 0.674. The molecular formula is C55H33N3O. The minimum atomic E-state index is 0.628. The summed E-state index contributed by atoms with van der Waals surface area (Å²) in [5, 5.41) is 11.2. The quantitative estimate of drug-likeness (QED) is 0.176. The van der Waals surface area contributed by atoms with Crippen LogP contribution in [0.3, 0.4) is 0 Å². The molecule has 2 aromatic heterocycles. The van der Waals surface area contributed by atoms with Crippen molar-refractivity contribution in [2.45, 2.75) is 0 Å². The molecule has 0 radical (unpaired) electrons. The number of para-hydroxylation sites is 1. The second-order valence-electron chi connectivity index (χ2n) is 15.1. The van der Waals surface area contributed by atoms with Crippen LogP contribution in [0.1, 0.15) is 0 Å². The number of hydrogen-bond acceptors (Lipinski definition) is 4. The second-order valence-corrected chi connectivity index (χ2v) is 15.1. The van der Waals surface area contributed by atoms with Gasteiger partial charge in [0.25, 0.3) is 0 Å². The maximum Gasteiger partial charge on any atom is 0.164 e. The summed E-state index contributed by atoms with van der Waals surface area (Å²) >= 11 is 0. The van der Waals surface area contributed by atoms with Crippen molar-refractivity contribution in [2.24, 2.45) is 0 Å². The molecule has 0 aliphatic rings. The number of rotatable bonds is 5. The van der Waals surface area contributed by atoms with Gasteiger partial charge in [0.05, 0.1) is 0 Å². The molecule has 274 valence electrons. The molecule has 0 spiro atoms. The molecule has 0 aliphatic carbocycles. The molecule has 2 heterocycles. The third-order valence-electron chi connectivity index (χ3n) is 11.7. The maximum atomic E-state index is 6.83. The summed E-state index contributed by atoms with van der Waals surface area (Å²) < 4.78 is 6.83. The highest BCUT2D eigenvalue weighted by molar-refractivity contribution is 6.22. The van der Waals surface area contributed by atoms with Gasteiger partial charge in [-0.15, -0.1) is 0 Å². The van der Waals surface area contributed by atoms with Crippen LogP contribution in [0.2, 0.25) is 0 Å². The lowest BCUT2D eigenvalue weighted by atomic mass is 9.90. The third kappa shape index (κ3) is 5.49. The van der Waals surface area contributed by atoms with Gasteiger partial charge in [-0.2, -0.15) is 0 Å². The van der Waals surface area contributed by atoms with E-state index in [1.807, 2.05) is 6.07 Å². The lowest BCUT2D eigenvalue weighted by Crippen LogP contribution is -2.01. The molecule has 0 saturated heterocycles. The van der Waals surface area contributed by atoms with E-state index in [2.05, 4.69) is 194 Å². The van der Waals surface area contributed by atoms with Crippen LogP contribution in [-0.4, -0.2) is 15.0 Å². The summed E-state index contributed by atoms with van der Waals surface area (Å²) in [7, 11) is 0. The maximum absolute atomic E-state index is 6.83. The SMILES string of the molecule is c1ccc(-c2cccc3c2oc2c4ccccc4c(-c4ccc(-c5nc(-c6ccc7ccccc7c6)nc(-c6ccc7ccccc7c6)n5)c5ccccc45)cc32)cc1. The van der Waals surface area contributed by atoms with Crippen LogP contribution in [0, 0.1) is 0 Å². The molecule has 0 atom stereocenters. The fourth-order valence-electron chi connectivity index (χ4n) is 8.83. The molecule has 0 unspecified atom stereocenters. The zero-order valence-corrected chi connectivity index (χ0v) is 31.8. The van der Waals surface area contributed by atoms with Crippen LogP contribution in [-0.2, 0) is 0 Å². The Balaban J connectivity index is 1.08. The minimum Gasteiger partial charge on any atom is -0.455 e. The average Bonchev–Trinajstić information content (AvgIpc) is 3.70. The van der Waals surface area contributed by atoms with Crippen molar-refractivity contribution in [3.05, 3.63) is 200 Å². The molecule has 12 rings (SSSR count). The normalized spacial score (nSPS) is 11.7. The number of benzene rings is 10. The van der Waals surface area contributed by atoms with Crippen LogP contribution in [0.15, 0.2) is 205 Å². The number of furan rings is 1. The van der Waals surface area contributed by atoms with Crippen molar-refractivity contribution >= 4 is 65.0 Å². The number of fused-ring (bicyclic) bond motifs is 8. The van der Waals surface area contributed by atoms with E-state index in [1.165, 1.54) is 10.8 Å². The Labute approximate surface area is 339 Å². The van der Waals surface area contributed by atoms with Gasteiger partial charge in [-0.05, 0) is 78.7 Å². The van der Waals surface area contributed by atoms with Crippen LogP contribution in [0.5, 0.6) is 0 Å². The van der Waals surface area contributed by atoms with Crippen LogP contribution in [0.4, 0.5) is 0 Å². The monoisotopic (exact) mass is 751 g/mol. The summed E-state index contributed by atoms with van der Waals surface area (Å²) in [6, 6.07) is 70.5. The first kappa shape index (κ1) is 33.2. The van der Waals surface area contributed by atoms with Gasteiger partial charge in [0.2, 0.25) is 0 Å². The average molecular weight is 752 g/mol. The number of hydrogen-bond donors (Lipinski definition) is 0. The molecule has 0 N–H and O–H groups in total. The van der Waals surface area contributed by atoms with Gasteiger partial charge in [0, 0.05) is 38.4 Å². The Kier molecular flexibility index (Phi) is 7.50. The van der Waals surface area contributed by atoms with Gasteiger partial charge in [0.15, 0.2) is 17.5 Å². The van der Waals surface area contributed by atoms with E-state index in [1.54, 1.807) is 0 Å². The molecular weight excluding hydrogens is 719 g/mol. The molecule has 4 nitrogen and oxygen atoms in total. The predicted octanol–water partition coefficient (Wildman–Crippen LogP) is 14.7. The highest BCUT2D eigenvalue weighted by Crippen LogP contribution is 2.45. The topological polar surface area (TPSA) is 51.8 Å². The van der Waals surface area contributed by atoms with Crippen molar-refractivity contribution in [2.75, 3.05) is 0 Å². The second kappa shape index (κ2) is 13.3. The molecule has 0 saturated carbocycles. The molecule has 4 heteroatoms. The summed E-state index contributed by atoms with van der Waals surface area (Å²) in [5.74, 6) is 1.90. The Morgan fingerprint density at radius 2 is 0.746 bits per heavy atom. The van der Waals surface area contributed by atoms with Crippen molar-refractivity contribution in [1.29, 1.82) is 0 Å². The van der Waals surface area contributed by atoms with E-state index in [0.717, 1.165) is 93.2 Å². The van der Waals surface area contributed by atoms with Gasteiger partial charge >= 0.3 is 0 Å². The van der Waals surface area contributed by atoms with Crippen LogP contribution < -0.4 is 0 Å². The van der Waals surface area contributed by atoms with E-state index in [-0.39, 0.29) is 0 Å². The van der Waals surface area contributed by atoms with E-state index in [9.17, 15) is 0 Å². The van der Waals surface area contributed by atoms with E-state index in [0.29, 0.717) is 17.5 Å². The summed E-state index contributed by atoms with van der Waals surface area (Å²) in [6.45, 7) is 0. The number of nitrogens with zero attached hydrogens (tertiary/aromatic N) is 3. The van der Waals surface area contributed by atoms with Crippen molar-refractivity contribution < 1.29 is 4.42 Å². The molecule has 0 fully saturated rings. The number of aromatic nitrogens is 3. The smallest absolute Gasteiger partial charge is 0.164 e. The molecule has 10 aromatic carbocycles. The largest absolute Gasteiger partial charge is 0.455 e. The fraction of sp³-hybridized carbons (Fsp3) is 0. The first-order chi connectivity index (χ1) is 29.2. The summed E-state index contributed by atoms with van der Waals surface area (Å²) in [4.78, 5) is 15.6. The molecule has 12 aromatic rings. The molecule has 59 heavy (non-hydrogen) atoms. The Hall–Kier alpha value is -7.95. The molecule has 0 aliphatic heterocycles. The van der Waals surface area contributed by atoms with Crippen molar-refractivity contribution in [1.82, 2.24) is 15.0 Å². The van der Waals surface area contributed by atoms with Crippen molar-refractivity contribution in [3.8, 4) is 56.4 Å². The zero-order chi connectivity index (χ0) is 38.9. The minimum absolute atomic E-state index is 0.628. The molecule has 0 amide bonds. The van der Waals surface area contributed by atoms with E-state index in [4.69, 9.17) is 19.4 Å². The van der Waals surface area contributed by atoms with E-state index < -0.39 is 0 Å². The highest BCUT2D eigenvalue weighted by atomic mass is 16.3. The summed E-state index contributed by atoms with van der Waals surface area (Å²) in [5.41, 5.74) is 9.13. The van der Waals surface area contributed by atoms with Gasteiger partial charge in [-0.25, -0.2) is 15.0 Å². The van der Waals surface area contributed by atoms with Crippen LogP contribution >= 0.6 is 0 Å². The van der Waals surface area contributed by atoms with Crippen LogP contribution in [0.25, 0.3) is 121 Å². The fourth-order valence-corrected chi connectivity index (χ4v) is 8.83. The standard InChI is InChI=1S/C55H33N3O/c1-2-15-36(16-3-1)41-23-12-24-47-50-33-49(44-21-10-11-22-46(44)52(50)59-51(41)47)45-29-30-48(43-20-9-8-19-42(43)45)55-57-53(39-27-25-34-13-4-6-17-37(34)31-39)56-54(58-55)40-28-26-35-14-5-7-18-38(35)32-40/h1-33H. The summed E-state index contributed by atoms with van der Waals surface area (Å²) in [6.07, 6.45) is 0. The van der Waals surface area contributed by atoms with Gasteiger partial charge < -0.3 is 4.42 Å². The van der Waals surface area contributed by atoms with Crippen molar-refractivity contribution in [3.63, 3.8) is 0 Å². The van der Waals surface area contributed by atoms with E-state index >= 15 is 0 Å². The Morgan fingerprint density at radius 3 is 1.41 bits per heavy atom. The first-order valence-corrected chi connectivity index (χ1v) is 19.9. The zero-order valence-electron chi connectivity index (χ0n) is 31.8. The third-order valence-corrected chi connectivity index (χ3v) is 11.7.